The molecule has 4 nitrogen and oxygen atoms in total. The van der Waals surface area contributed by atoms with Crippen molar-refractivity contribution >= 4 is 0 Å². The van der Waals surface area contributed by atoms with Gasteiger partial charge in [0.2, 0.25) is 0 Å². The van der Waals surface area contributed by atoms with Crippen LogP contribution >= 0.6 is 0 Å². The zero-order chi connectivity index (χ0) is 9.80. The molecule has 0 spiro atoms. The van der Waals surface area contributed by atoms with E-state index in [1.54, 1.807) is 6.33 Å². The number of imidazole rings is 1. The summed E-state index contributed by atoms with van der Waals surface area (Å²) in [6.45, 7) is 2.95. The Labute approximate surface area is 84.3 Å². The van der Waals surface area contributed by atoms with Gasteiger partial charge < -0.3 is 14.6 Å². The SMILES string of the molecule is CN1CCC(OCc2cnc[nH]2)CC1. The number of ether oxygens (including phenoxy) is 1. The highest BCUT2D eigenvalue weighted by atomic mass is 16.5. The largest absolute Gasteiger partial charge is 0.372 e. The summed E-state index contributed by atoms with van der Waals surface area (Å²) < 4.78 is 5.78. The first kappa shape index (κ1) is 9.68. The van der Waals surface area contributed by atoms with Crippen LogP contribution in [0.5, 0.6) is 0 Å². The van der Waals surface area contributed by atoms with E-state index in [0.29, 0.717) is 12.7 Å². The monoisotopic (exact) mass is 195 g/mol. The predicted molar refractivity (Wildman–Crippen MR) is 53.9 cm³/mol. The van der Waals surface area contributed by atoms with Crippen molar-refractivity contribution in [3.8, 4) is 0 Å². The molecule has 2 rings (SSSR count). The maximum absolute atomic E-state index is 5.78. The molecule has 1 N–H and O–H groups in total. The molecule has 1 aromatic heterocycles. The third-order valence-electron chi connectivity index (χ3n) is 2.69. The molecule has 2 heterocycles. The van der Waals surface area contributed by atoms with Crippen LogP contribution in [0, 0.1) is 0 Å². The van der Waals surface area contributed by atoms with E-state index >= 15 is 0 Å². The molecule has 1 aliphatic rings. The smallest absolute Gasteiger partial charge is 0.0922 e. The van der Waals surface area contributed by atoms with Crippen molar-refractivity contribution in [2.75, 3.05) is 20.1 Å². The first-order valence-electron chi connectivity index (χ1n) is 5.12. The molecule has 0 aliphatic carbocycles. The average Bonchev–Trinajstić information content (AvgIpc) is 2.70. The lowest BCUT2D eigenvalue weighted by molar-refractivity contribution is 0.000883. The van der Waals surface area contributed by atoms with Gasteiger partial charge in [0.15, 0.2) is 0 Å². The maximum atomic E-state index is 5.78. The summed E-state index contributed by atoms with van der Waals surface area (Å²) in [5.41, 5.74) is 1.06. The molecule has 1 fully saturated rings. The molecule has 0 saturated carbocycles. The van der Waals surface area contributed by atoms with E-state index in [4.69, 9.17) is 4.74 Å². The third kappa shape index (κ3) is 2.56. The zero-order valence-corrected chi connectivity index (χ0v) is 8.57. The Hall–Kier alpha value is -0.870. The number of hydrogen-bond acceptors (Lipinski definition) is 3. The van der Waals surface area contributed by atoms with Gasteiger partial charge in [-0.15, -0.1) is 0 Å². The molecular weight excluding hydrogens is 178 g/mol. The van der Waals surface area contributed by atoms with Gasteiger partial charge in [0.1, 0.15) is 0 Å². The van der Waals surface area contributed by atoms with E-state index in [-0.39, 0.29) is 0 Å². The van der Waals surface area contributed by atoms with Crippen molar-refractivity contribution in [3.63, 3.8) is 0 Å². The number of H-pyrrole nitrogens is 1. The van der Waals surface area contributed by atoms with Crippen LogP contribution in [-0.2, 0) is 11.3 Å². The van der Waals surface area contributed by atoms with Crippen molar-refractivity contribution in [2.24, 2.45) is 0 Å². The molecule has 4 heteroatoms. The second-order valence-electron chi connectivity index (χ2n) is 3.89. The fourth-order valence-corrected chi connectivity index (χ4v) is 1.72. The molecule has 0 radical (unpaired) electrons. The Kier molecular flexibility index (Phi) is 3.16. The van der Waals surface area contributed by atoms with E-state index in [1.807, 2.05) is 6.20 Å². The highest BCUT2D eigenvalue weighted by molar-refractivity contribution is 4.91. The van der Waals surface area contributed by atoms with E-state index in [2.05, 4.69) is 21.9 Å². The minimum Gasteiger partial charge on any atom is -0.372 e. The lowest BCUT2D eigenvalue weighted by Crippen LogP contribution is -2.34. The summed E-state index contributed by atoms with van der Waals surface area (Å²) >= 11 is 0. The number of piperidine rings is 1. The van der Waals surface area contributed by atoms with Crippen LogP contribution in [0.15, 0.2) is 12.5 Å². The zero-order valence-electron chi connectivity index (χ0n) is 8.57. The Morgan fingerprint density at radius 2 is 2.36 bits per heavy atom. The van der Waals surface area contributed by atoms with Crippen LogP contribution in [0.1, 0.15) is 18.5 Å². The topological polar surface area (TPSA) is 41.1 Å². The molecule has 78 valence electrons. The number of hydrogen-bond donors (Lipinski definition) is 1. The maximum Gasteiger partial charge on any atom is 0.0922 e. The molecule has 0 atom stereocenters. The van der Waals surface area contributed by atoms with Crippen molar-refractivity contribution in [1.29, 1.82) is 0 Å². The van der Waals surface area contributed by atoms with Crippen molar-refractivity contribution < 1.29 is 4.74 Å². The molecule has 1 aliphatic heterocycles. The molecule has 0 bridgehead atoms. The predicted octanol–water partition coefficient (Wildman–Crippen LogP) is 1.02. The minimum atomic E-state index is 0.425. The van der Waals surface area contributed by atoms with E-state index in [1.165, 1.54) is 0 Å². The number of nitrogens with one attached hydrogen (secondary N) is 1. The molecular formula is C10H17N3O. The van der Waals surface area contributed by atoms with Crippen LogP contribution in [0.25, 0.3) is 0 Å². The van der Waals surface area contributed by atoms with Gasteiger partial charge in [0.05, 0.1) is 30.9 Å². The van der Waals surface area contributed by atoms with Crippen molar-refractivity contribution in [1.82, 2.24) is 14.9 Å². The lowest BCUT2D eigenvalue weighted by atomic mass is 10.1. The number of rotatable bonds is 3. The minimum absolute atomic E-state index is 0.425. The third-order valence-corrected chi connectivity index (χ3v) is 2.69. The van der Waals surface area contributed by atoms with Gasteiger partial charge in [0, 0.05) is 13.1 Å². The fraction of sp³-hybridized carbons (Fsp3) is 0.700. The first-order valence-corrected chi connectivity index (χ1v) is 5.12. The number of likely N-dealkylation sites (tertiary alicyclic amines) is 1. The average molecular weight is 195 g/mol. The number of aromatic amines is 1. The lowest BCUT2D eigenvalue weighted by Gasteiger charge is -2.28. The second-order valence-corrected chi connectivity index (χ2v) is 3.89. The highest BCUT2D eigenvalue weighted by Gasteiger charge is 2.16. The highest BCUT2D eigenvalue weighted by Crippen LogP contribution is 2.13. The standard InChI is InChI=1S/C10H17N3O/c1-13-4-2-10(3-5-13)14-7-9-6-11-8-12-9/h6,8,10H,2-5,7H2,1H3,(H,11,12). The van der Waals surface area contributed by atoms with Gasteiger partial charge >= 0.3 is 0 Å². The molecule has 0 amide bonds. The number of nitrogens with zero attached hydrogens (tertiary/aromatic N) is 2. The van der Waals surface area contributed by atoms with Gasteiger partial charge in [-0.25, -0.2) is 4.98 Å². The van der Waals surface area contributed by atoms with Gasteiger partial charge in [-0.05, 0) is 19.9 Å². The molecule has 14 heavy (non-hydrogen) atoms. The number of aromatic nitrogens is 2. The molecule has 0 aromatic carbocycles. The summed E-state index contributed by atoms with van der Waals surface area (Å²) in [5.74, 6) is 0. The van der Waals surface area contributed by atoms with E-state index in [9.17, 15) is 0 Å². The van der Waals surface area contributed by atoms with Gasteiger partial charge in [-0.3, -0.25) is 0 Å². The summed E-state index contributed by atoms with van der Waals surface area (Å²) in [6.07, 6.45) is 6.21. The molecule has 1 aromatic rings. The summed E-state index contributed by atoms with van der Waals surface area (Å²) in [6, 6.07) is 0. The van der Waals surface area contributed by atoms with Gasteiger partial charge in [0.25, 0.3) is 0 Å². The van der Waals surface area contributed by atoms with Crippen LogP contribution in [0.3, 0.4) is 0 Å². The van der Waals surface area contributed by atoms with Crippen LogP contribution in [-0.4, -0.2) is 41.1 Å². The van der Waals surface area contributed by atoms with Crippen LogP contribution < -0.4 is 0 Å². The normalized spacial score (nSPS) is 20.1. The Morgan fingerprint density at radius 1 is 1.57 bits per heavy atom. The summed E-state index contributed by atoms with van der Waals surface area (Å²) in [4.78, 5) is 9.34. The first-order chi connectivity index (χ1) is 6.84. The van der Waals surface area contributed by atoms with Crippen LogP contribution in [0.4, 0.5) is 0 Å². The molecule has 0 unspecified atom stereocenters. The van der Waals surface area contributed by atoms with Gasteiger partial charge in [-0.1, -0.05) is 0 Å². The Morgan fingerprint density at radius 3 is 3.00 bits per heavy atom. The second kappa shape index (κ2) is 4.57. The summed E-state index contributed by atoms with van der Waals surface area (Å²) in [7, 11) is 2.16. The quantitative estimate of drug-likeness (QED) is 0.783. The van der Waals surface area contributed by atoms with E-state index < -0.39 is 0 Å². The van der Waals surface area contributed by atoms with Gasteiger partial charge in [-0.2, -0.15) is 0 Å². The van der Waals surface area contributed by atoms with Crippen molar-refractivity contribution in [3.05, 3.63) is 18.2 Å². The van der Waals surface area contributed by atoms with Crippen LogP contribution in [0.2, 0.25) is 0 Å². The Balaban J connectivity index is 1.71. The Bertz CT molecular complexity index is 252. The summed E-state index contributed by atoms with van der Waals surface area (Å²) in [5, 5.41) is 0. The fourth-order valence-electron chi connectivity index (χ4n) is 1.72. The molecule has 1 saturated heterocycles. The van der Waals surface area contributed by atoms with Crippen molar-refractivity contribution in [2.45, 2.75) is 25.6 Å². The van der Waals surface area contributed by atoms with E-state index in [0.717, 1.165) is 31.6 Å².